The molecule has 208 valence electrons. The average Bonchev–Trinajstić information content (AvgIpc) is 2.90. The molecule has 0 saturated heterocycles. The van der Waals surface area contributed by atoms with E-state index in [0.29, 0.717) is 29.1 Å². The van der Waals surface area contributed by atoms with Gasteiger partial charge in [0.2, 0.25) is 0 Å². The van der Waals surface area contributed by atoms with Crippen LogP contribution in [0.3, 0.4) is 0 Å². The number of fused-ring (bicyclic) bond motifs is 1. The van der Waals surface area contributed by atoms with Crippen molar-refractivity contribution in [2.24, 2.45) is 5.10 Å². The van der Waals surface area contributed by atoms with Gasteiger partial charge < -0.3 is 14.6 Å². The second-order valence-electron chi connectivity index (χ2n) is 9.52. The summed E-state index contributed by atoms with van der Waals surface area (Å²) in [5.74, 6) is 0.893. The lowest BCUT2D eigenvalue weighted by Gasteiger charge is -2.18. The standard InChI is InChI=1S/C30H29I2N3O5/c1-6-39-26-11-17(4)22(14-21(26)16(2)3)28-34-25-10-8-7-9-20(25)29(36)35(28)33-15-19-12-23(31)27(24(32)13-19)40-18(5)30(37)38/h7-16,18H,6H2,1-5H3,(H,37,38)/t18-/m1/s1. The average molecular weight is 765 g/mol. The lowest BCUT2D eigenvalue weighted by Crippen LogP contribution is -2.23. The number of carboxylic acid groups (broad SMARTS) is 1. The van der Waals surface area contributed by atoms with Gasteiger partial charge in [-0.05, 0) is 125 Å². The predicted molar refractivity (Wildman–Crippen MR) is 174 cm³/mol. The van der Waals surface area contributed by atoms with E-state index in [1.165, 1.54) is 11.6 Å². The summed E-state index contributed by atoms with van der Waals surface area (Å²) < 4.78 is 14.3. The van der Waals surface area contributed by atoms with E-state index in [0.717, 1.165) is 35.1 Å². The normalized spacial score (nSPS) is 12.3. The number of ether oxygens (including phenoxy) is 2. The molecule has 1 heterocycles. The van der Waals surface area contributed by atoms with Gasteiger partial charge in [0.1, 0.15) is 11.5 Å². The molecule has 1 atom stereocenters. The second kappa shape index (κ2) is 12.7. The summed E-state index contributed by atoms with van der Waals surface area (Å²) in [5, 5.41) is 14.3. The number of aliphatic carboxylic acids is 1. The maximum Gasteiger partial charge on any atom is 0.344 e. The lowest BCUT2D eigenvalue weighted by atomic mass is 9.96. The van der Waals surface area contributed by atoms with Crippen molar-refractivity contribution < 1.29 is 19.4 Å². The van der Waals surface area contributed by atoms with E-state index in [4.69, 9.17) is 14.5 Å². The van der Waals surface area contributed by atoms with Gasteiger partial charge in [0, 0.05) is 5.56 Å². The number of aryl methyl sites for hydroxylation is 1. The van der Waals surface area contributed by atoms with Crippen molar-refractivity contribution in [3.8, 4) is 22.9 Å². The first kappa shape index (κ1) is 30.0. The molecule has 1 N–H and O–H groups in total. The molecule has 0 aliphatic rings. The van der Waals surface area contributed by atoms with Crippen LogP contribution < -0.4 is 15.0 Å². The van der Waals surface area contributed by atoms with Crippen molar-refractivity contribution in [3.05, 3.63) is 82.7 Å². The molecule has 40 heavy (non-hydrogen) atoms. The third-order valence-electron chi connectivity index (χ3n) is 6.26. The van der Waals surface area contributed by atoms with Gasteiger partial charge in [-0.1, -0.05) is 26.0 Å². The van der Waals surface area contributed by atoms with Crippen LogP contribution in [0.25, 0.3) is 22.3 Å². The van der Waals surface area contributed by atoms with Crippen molar-refractivity contribution >= 4 is 68.3 Å². The number of rotatable bonds is 9. The molecule has 3 aromatic carbocycles. The summed E-state index contributed by atoms with van der Waals surface area (Å²) in [6, 6.07) is 14.9. The third-order valence-corrected chi connectivity index (χ3v) is 7.86. The Hall–Kier alpha value is -3.00. The van der Waals surface area contributed by atoms with Crippen LogP contribution in [0.15, 0.2) is 58.4 Å². The van der Waals surface area contributed by atoms with Crippen molar-refractivity contribution in [3.63, 3.8) is 0 Å². The van der Waals surface area contributed by atoms with Crippen molar-refractivity contribution in [1.82, 2.24) is 9.66 Å². The van der Waals surface area contributed by atoms with Crippen LogP contribution in [0.5, 0.6) is 11.5 Å². The Bertz CT molecular complexity index is 1660. The van der Waals surface area contributed by atoms with Gasteiger partial charge in [0.15, 0.2) is 11.9 Å². The number of para-hydroxylation sites is 1. The van der Waals surface area contributed by atoms with E-state index >= 15 is 0 Å². The minimum absolute atomic E-state index is 0.193. The van der Waals surface area contributed by atoms with Crippen molar-refractivity contribution in [1.29, 1.82) is 0 Å². The number of hydrogen-bond donors (Lipinski definition) is 1. The van der Waals surface area contributed by atoms with E-state index in [9.17, 15) is 14.7 Å². The first-order valence-electron chi connectivity index (χ1n) is 12.7. The van der Waals surface area contributed by atoms with Crippen LogP contribution in [-0.2, 0) is 4.79 Å². The van der Waals surface area contributed by atoms with E-state index < -0.39 is 12.1 Å². The molecule has 0 unspecified atom stereocenters. The first-order valence-corrected chi connectivity index (χ1v) is 14.9. The van der Waals surface area contributed by atoms with Gasteiger partial charge in [-0.15, -0.1) is 0 Å². The number of hydrogen-bond acceptors (Lipinski definition) is 6. The highest BCUT2D eigenvalue weighted by Gasteiger charge is 2.20. The summed E-state index contributed by atoms with van der Waals surface area (Å²) in [5.41, 5.74) is 3.76. The summed E-state index contributed by atoms with van der Waals surface area (Å²) in [6.07, 6.45) is 0.614. The number of carboxylic acids is 1. The molecule has 0 spiro atoms. The van der Waals surface area contributed by atoms with Crippen LogP contribution in [-0.4, -0.2) is 39.7 Å². The summed E-state index contributed by atoms with van der Waals surface area (Å²) in [6.45, 7) is 10.2. The zero-order chi connectivity index (χ0) is 29.1. The van der Waals surface area contributed by atoms with Crippen LogP contribution in [0, 0.1) is 14.1 Å². The summed E-state index contributed by atoms with van der Waals surface area (Å²) >= 11 is 4.21. The molecule has 0 saturated carbocycles. The molecule has 4 aromatic rings. The Kier molecular flexibility index (Phi) is 9.49. The van der Waals surface area contributed by atoms with Gasteiger partial charge in [-0.2, -0.15) is 9.78 Å². The molecule has 0 radical (unpaired) electrons. The maximum absolute atomic E-state index is 13.7. The molecular formula is C30H29I2N3O5. The van der Waals surface area contributed by atoms with Crippen LogP contribution >= 0.6 is 45.2 Å². The molecule has 0 bridgehead atoms. The summed E-state index contributed by atoms with van der Waals surface area (Å²) in [4.78, 5) is 29.9. The molecule has 0 fully saturated rings. The Morgan fingerprint density at radius 2 is 1.80 bits per heavy atom. The molecule has 10 heteroatoms. The van der Waals surface area contributed by atoms with E-state index in [1.807, 2.05) is 50.2 Å². The predicted octanol–water partition coefficient (Wildman–Crippen LogP) is 6.84. The zero-order valence-corrected chi connectivity index (χ0v) is 27.1. The van der Waals surface area contributed by atoms with Crippen LogP contribution in [0.2, 0.25) is 0 Å². The molecule has 4 rings (SSSR count). The minimum atomic E-state index is -1.04. The molecule has 1 aromatic heterocycles. The van der Waals surface area contributed by atoms with Gasteiger partial charge in [-0.3, -0.25) is 4.79 Å². The Labute approximate surface area is 259 Å². The van der Waals surface area contributed by atoms with Gasteiger partial charge in [0.05, 0.1) is 30.9 Å². The fourth-order valence-corrected chi connectivity index (χ4v) is 6.26. The Morgan fingerprint density at radius 1 is 1.12 bits per heavy atom. The third kappa shape index (κ3) is 6.32. The molecule has 0 aliphatic carbocycles. The number of carbonyl (C=O) groups is 1. The first-order chi connectivity index (χ1) is 19.0. The Morgan fingerprint density at radius 3 is 2.42 bits per heavy atom. The monoisotopic (exact) mass is 765 g/mol. The van der Waals surface area contributed by atoms with E-state index in [-0.39, 0.29) is 11.5 Å². The van der Waals surface area contributed by atoms with E-state index in [2.05, 4.69) is 64.1 Å². The number of benzene rings is 3. The highest BCUT2D eigenvalue weighted by atomic mass is 127. The number of aromatic nitrogens is 2. The summed E-state index contributed by atoms with van der Waals surface area (Å²) in [7, 11) is 0. The van der Waals surface area contributed by atoms with Crippen LogP contribution in [0.1, 0.15) is 50.3 Å². The lowest BCUT2D eigenvalue weighted by molar-refractivity contribution is -0.144. The van der Waals surface area contributed by atoms with Gasteiger partial charge >= 0.3 is 5.97 Å². The van der Waals surface area contributed by atoms with Gasteiger partial charge in [0.25, 0.3) is 5.56 Å². The smallest absolute Gasteiger partial charge is 0.344 e. The van der Waals surface area contributed by atoms with Crippen molar-refractivity contribution in [2.45, 2.75) is 46.6 Å². The fraction of sp³-hybridized carbons (Fsp3) is 0.267. The number of halogens is 2. The number of nitrogens with zero attached hydrogens (tertiary/aromatic N) is 3. The molecule has 8 nitrogen and oxygen atoms in total. The molecule has 0 amide bonds. The zero-order valence-electron chi connectivity index (χ0n) is 22.7. The second-order valence-corrected chi connectivity index (χ2v) is 11.8. The van der Waals surface area contributed by atoms with Gasteiger partial charge in [-0.25, -0.2) is 9.78 Å². The Balaban J connectivity index is 1.88. The minimum Gasteiger partial charge on any atom is -0.494 e. The molecule has 0 aliphatic heterocycles. The highest BCUT2D eigenvalue weighted by molar-refractivity contribution is 14.1. The maximum atomic E-state index is 13.7. The highest BCUT2D eigenvalue weighted by Crippen LogP contribution is 2.34. The topological polar surface area (TPSA) is 103 Å². The fourth-order valence-electron chi connectivity index (χ4n) is 4.19. The molecular weight excluding hydrogens is 736 g/mol. The SMILES string of the molecule is CCOc1cc(C)c(-c2nc3ccccc3c(=O)n2N=Cc2cc(I)c(O[C@H](C)C(=O)O)c(I)c2)cc1C(C)C. The largest absolute Gasteiger partial charge is 0.494 e. The quantitative estimate of drug-likeness (QED) is 0.148. The van der Waals surface area contributed by atoms with Crippen molar-refractivity contribution in [2.75, 3.05) is 6.61 Å². The van der Waals surface area contributed by atoms with E-state index in [1.54, 1.807) is 18.3 Å². The van der Waals surface area contributed by atoms with Crippen LogP contribution in [0.4, 0.5) is 0 Å².